The van der Waals surface area contributed by atoms with Crippen LogP contribution in [0.15, 0.2) is 29.2 Å². The van der Waals surface area contributed by atoms with Gasteiger partial charge in [-0.2, -0.15) is 4.31 Å². The minimum atomic E-state index is -3.60. The number of sulfonamides is 1. The highest BCUT2D eigenvalue weighted by atomic mass is 32.2. The second kappa shape index (κ2) is 7.24. The summed E-state index contributed by atoms with van der Waals surface area (Å²) in [5.74, 6) is 0.517. The van der Waals surface area contributed by atoms with Gasteiger partial charge in [0.25, 0.3) is 0 Å². The summed E-state index contributed by atoms with van der Waals surface area (Å²) >= 11 is 0. The molecule has 0 saturated heterocycles. The van der Waals surface area contributed by atoms with Crippen LogP contribution in [0.4, 0.5) is 0 Å². The third-order valence-corrected chi connectivity index (χ3v) is 5.90. The van der Waals surface area contributed by atoms with Gasteiger partial charge in [0.15, 0.2) is 0 Å². The fraction of sp³-hybridized carbons (Fsp3) is 0.600. The van der Waals surface area contributed by atoms with Crippen LogP contribution in [0.3, 0.4) is 0 Å². The van der Waals surface area contributed by atoms with E-state index in [1.165, 1.54) is 17.5 Å². The van der Waals surface area contributed by atoms with E-state index < -0.39 is 10.0 Å². The number of ether oxygens (including phenoxy) is 1. The molecule has 1 aliphatic carbocycles. The van der Waals surface area contributed by atoms with E-state index in [1.54, 1.807) is 18.2 Å². The fourth-order valence-corrected chi connectivity index (χ4v) is 4.58. The van der Waals surface area contributed by atoms with Crippen molar-refractivity contribution in [3.05, 3.63) is 24.3 Å². The van der Waals surface area contributed by atoms with Crippen molar-refractivity contribution in [2.24, 2.45) is 0 Å². The maximum Gasteiger partial charge on any atom is 0.243 e. The Bertz CT molecular complexity index is 553. The lowest BCUT2D eigenvalue weighted by Gasteiger charge is -2.33. The summed E-state index contributed by atoms with van der Waals surface area (Å²) in [6, 6.07) is 6.48. The molecule has 1 saturated carbocycles. The number of benzene rings is 1. The third-order valence-electron chi connectivity index (χ3n) is 3.95. The summed E-state index contributed by atoms with van der Waals surface area (Å²) in [5.41, 5.74) is 0. The summed E-state index contributed by atoms with van der Waals surface area (Å²) in [5, 5.41) is 9.25. The molecular formula is C15H23NO4S. The zero-order chi connectivity index (χ0) is 15.3. The van der Waals surface area contributed by atoms with E-state index in [0.29, 0.717) is 5.75 Å². The highest BCUT2D eigenvalue weighted by Crippen LogP contribution is 2.28. The third kappa shape index (κ3) is 3.75. The van der Waals surface area contributed by atoms with Gasteiger partial charge in [0.1, 0.15) is 5.75 Å². The lowest BCUT2D eigenvalue weighted by Crippen LogP contribution is -2.43. The quantitative estimate of drug-likeness (QED) is 0.872. The average Bonchev–Trinajstić information content (AvgIpc) is 2.53. The standard InChI is InChI=1S/C15H23NO4S/c1-20-14-8-5-9-15(12-14)21(18,19)16(10-11-17)13-6-3-2-4-7-13/h5,8-9,12-13,17H,2-4,6-7,10-11H2,1H3. The number of nitrogens with zero attached hydrogens (tertiary/aromatic N) is 1. The Labute approximate surface area is 126 Å². The molecule has 0 bridgehead atoms. The first-order valence-corrected chi connectivity index (χ1v) is 8.80. The maximum atomic E-state index is 12.8. The smallest absolute Gasteiger partial charge is 0.243 e. The number of hydrogen-bond donors (Lipinski definition) is 1. The summed E-state index contributed by atoms with van der Waals surface area (Å²) in [6.07, 6.45) is 4.97. The van der Waals surface area contributed by atoms with Crippen LogP contribution in [0.5, 0.6) is 5.75 Å². The van der Waals surface area contributed by atoms with Gasteiger partial charge in [-0.1, -0.05) is 25.3 Å². The topological polar surface area (TPSA) is 66.8 Å². The van der Waals surface area contributed by atoms with Crippen LogP contribution >= 0.6 is 0 Å². The van der Waals surface area contributed by atoms with E-state index in [9.17, 15) is 13.5 Å². The Morgan fingerprint density at radius 1 is 1.29 bits per heavy atom. The molecule has 0 aromatic heterocycles. The largest absolute Gasteiger partial charge is 0.497 e. The van der Waals surface area contributed by atoms with E-state index in [1.807, 2.05) is 0 Å². The molecule has 0 atom stereocenters. The zero-order valence-corrected chi connectivity index (χ0v) is 13.2. The minimum absolute atomic E-state index is 0.0119. The van der Waals surface area contributed by atoms with Gasteiger partial charge in [-0.15, -0.1) is 0 Å². The molecule has 0 aliphatic heterocycles. The fourth-order valence-electron chi connectivity index (χ4n) is 2.86. The highest BCUT2D eigenvalue weighted by Gasteiger charge is 2.32. The van der Waals surface area contributed by atoms with Crippen molar-refractivity contribution >= 4 is 10.0 Å². The highest BCUT2D eigenvalue weighted by molar-refractivity contribution is 7.89. The number of rotatable bonds is 6. The minimum Gasteiger partial charge on any atom is -0.497 e. The van der Waals surface area contributed by atoms with Gasteiger partial charge < -0.3 is 9.84 Å². The van der Waals surface area contributed by atoms with Gasteiger partial charge in [0.2, 0.25) is 10.0 Å². The van der Waals surface area contributed by atoms with Crippen LogP contribution in [-0.4, -0.2) is 44.1 Å². The Morgan fingerprint density at radius 3 is 2.62 bits per heavy atom. The maximum absolute atomic E-state index is 12.8. The molecule has 1 N–H and O–H groups in total. The van der Waals surface area contributed by atoms with E-state index in [2.05, 4.69) is 0 Å². The first-order chi connectivity index (χ1) is 10.1. The van der Waals surface area contributed by atoms with E-state index in [-0.39, 0.29) is 24.1 Å². The van der Waals surface area contributed by atoms with Gasteiger partial charge in [-0.3, -0.25) is 0 Å². The van der Waals surface area contributed by atoms with Crippen molar-refractivity contribution in [2.75, 3.05) is 20.3 Å². The first-order valence-electron chi connectivity index (χ1n) is 7.36. The first kappa shape index (κ1) is 16.3. The molecule has 21 heavy (non-hydrogen) atoms. The summed E-state index contributed by atoms with van der Waals surface area (Å²) < 4.78 is 32.3. The molecule has 6 heteroatoms. The molecule has 0 spiro atoms. The van der Waals surface area contributed by atoms with Crippen LogP contribution in [0.2, 0.25) is 0 Å². The van der Waals surface area contributed by atoms with Gasteiger partial charge >= 0.3 is 0 Å². The number of hydrogen-bond acceptors (Lipinski definition) is 4. The van der Waals surface area contributed by atoms with Crippen molar-refractivity contribution in [3.63, 3.8) is 0 Å². The molecule has 5 nitrogen and oxygen atoms in total. The SMILES string of the molecule is COc1cccc(S(=O)(=O)N(CCO)C2CCCCC2)c1. The van der Waals surface area contributed by atoms with Crippen molar-refractivity contribution in [2.45, 2.75) is 43.0 Å². The van der Waals surface area contributed by atoms with E-state index >= 15 is 0 Å². The Kier molecular flexibility index (Phi) is 5.61. The predicted molar refractivity (Wildman–Crippen MR) is 80.8 cm³/mol. The van der Waals surface area contributed by atoms with Crippen molar-refractivity contribution in [1.29, 1.82) is 0 Å². The van der Waals surface area contributed by atoms with Crippen molar-refractivity contribution < 1.29 is 18.3 Å². The molecule has 0 amide bonds. The predicted octanol–water partition coefficient (Wildman–Crippen LogP) is 2.01. The number of methoxy groups -OCH3 is 1. The van der Waals surface area contributed by atoms with Crippen LogP contribution in [0, 0.1) is 0 Å². The molecule has 0 unspecified atom stereocenters. The lowest BCUT2D eigenvalue weighted by atomic mass is 9.95. The molecule has 0 heterocycles. The summed E-state index contributed by atoms with van der Waals surface area (Å²) in [7, 11) is -2.09. The van der Waals surface area contributed by atoms with Gasteiger partial charge in [0.05, 0.1) is 18.6 Å². The van der Waals surface area contributed by atoms with Gasteiger partial charge in [-0.05, 0) is 25.0 Å². The molecule has 1 fully saturated rings. The van der Waals surface area contributed by atoms with Gasteiger partial charge in [-0.25, -0.2) is 8.42 Å². The van der Waals surface area contributed by atoms with Crippen LogP contribution in [0.25, 0.3) is 0 Å². The molecular weight excluding hydrogens is 290 g/mol. The van der Waals surface area contributed by atoms with Crippen molar-refractivity contribution in [1.82, 2.24) is 4.31 Å². The van der Waals surface area contributed by atoms with Gasteiger partial charge in [0, 0.05) is 18.7 Å². The van der Waals surface area contributed by atoms with Crippen LogP contribution in [0.1, 0.15) is 32.1 Å². The normalized spacial score (nSPS) is 17.1. The molecule has 1 aliphatic rings. The average molecular weight is 313 g/mol. The second-order valence-electron chi connectivity index (χ2n) is 5.31. The molecule has 2 rings (SSSR count). The summed E-state index contributed by atoms with van der Waals surface area (Å²) in [4.78, 5) is 0.223. The molecule has 1 aromatic rings. The van der Waals surface area contributed by atoms with Crippen LogP contribution < -0.4 is 4.74 Å². The summed E-state index contributed by atoms with van der Waals surface area (Å²) in [6.45, 7) is -0.0239. The second-order valence-corrected chi connectivity index (χ2v) is 7.20. The van der Waals surface area contributed by atoms with Crippen molar-refractivity contribution in [3.8, 4) is 5.75 Å². The molecule has 118 valence electrons. The Hall–Kier alpha value is -1.11. The number of aliphatic hydroxyl groups is 1. The molecule has 1 aromatic carbocycles. The Balaban J connectivity index is 2.31. The monoisotopic (exact) mass is 313 g/mol. The number of aliphatic hydroxyl groups excluding tert-OH is 1. The van der Waals surface area contributed by atoms with E-state index in [4.69, 9.17) is 4.74 Å². The Morgan fingerprint density at radius 2 is 2.00 bits per heavy atom. The molecule has 0 radical (unpaired) electrons. The zero-order valence-electron chi connectivity index (χ0n) is 12.4. The lowest BCUT2D eigenvalue weighted by molar-refractivity contribution is 0.199. The van der Waals surface area contributed by atoms with Crippen LogP contribution in [-0.2, 0) is 10.0 Å². The van der Waals surface area contributed by atoms with E-state index in [0.717, 1.165) is 32.1 Å².